The van der Waals surface area contributed by atoms with Crippen molar-refractivity contribution in [3.05, 3.63) is 95.1 Å². The molecule has 0 heteroatoms. The average molecular weight is 433 g/mol. The molecule has 32 heavy (non-hydrogen) atoms. The maximum atomic E-state index is 2.34. The van der Waals surface area contributed by atoms with Gasteiger partial charge in [-0.3, -0.25) is 0 Å². The summed E-state index contributed by atoms with van der Waals surface area (Å²) in [5, 5.41) is 0. The largest absolute Gasteiger partial charge is 0.0776 e. The smallest absolute Gasteiger partial charge is 0.0158 e. The first-order chi connectivity index (χ1) is 14.4. The molecule has 0 unspecified atom stereocenters. The summed E-state index contributed by atoms with van der Waals surface area (Å²) in [6.45, 7) is 17.3. The van der Waals surface area contributed by atoms with Crippen molar-refractivity contribution in [3.8, 4) is 11.1 Å². The van der Waals surface area contributed by atoms with Crippen LogP contribution in [0.5, 0.6) is 0 Å². The van der Waals surface area contributed by atoms with Crippen molar-refractivity contribution in [1.82, 2.24) is 0 Å². The van der Waals surface area contributed by atoms with Crippen LogP contribution in [0.15, 0.2) is 72.8 Å². The van der Waals surface area contributed by atoms with Crippen LogP contribution in [0.1, 0.15) is 92.5 Å². The molecule has 3 aromatic carbocycles. The summed E-state index contributed by atoms with van der Waals surface area (Å²) in [4.78, 5) is 0. The van der Waals surface area contributed by atoms with E-state index in [1.54, 1.807) is 11.1 Å². The lowest BCUT2D eigenvalue weighted by molar-refractivity contribution is 0.392. The lowest BCUT2D eigenvalue weighted by Crippen LogP contribution is -2.14. The van der Waals surface area contributed by atoms with Crippen molar-refractivity contribution in [2.24, 2.45) is 5.41 Å². The standard InChI is InChI=1S/C15H14.C11H14.2C2H6.2CH4/c1-15(2)13-9-5-3-7-11(13)12-8-4-6-10-14(12)15;1-11(2)7-9-5-3-4-6-10(9)8-11;2*1-2;;/h3-10H,1-2H3;3-6H,7-8H2,1-2H3;2*1-2H3;2*1H4. The molecule has 0 atom stereocenters. The maximum Gasteiger partial charge on any atom is 0.0158 e. The fourth-order valence-electron chi connectivity index (χ4n) is 4.67. The molecule has 0 N–H and O–H groups in total. The van der Waals surface area contributed by atoms with Gasteiger partial charge in [-0.1, -0.05) is 143 Å². The first-order valence-corrected chi connectivity index (χ1v) is 11.6. The molecule has 0 saturated carbocycles. The molecule has 2 aliphatic carbocycles. The van der Waals surface area contributed by atoms with Gasteiger partial charge in [0.05, 0.1) is 0 Å². The molecule has 0 bridgehead atoms. The number of hydrogen-bond donors (Lipinski definition) is 0. The molecule has 0 fully saturated rings. The molecular weight excluding hydrogens is 384 g/mol. The second kappa shape index (κ2) is 12.6. The molecule has 0 radical (unpaired) electrons. The Hall–Kier alpha value is -2.34. The zero-order valence-electron chi connectivity index (χ0n) is 20.3. The van der Waals surface area contributed by atoms with Gasteiger partial charge in [-0.05, 0) is 51.6 Å². The summed E-state index contributed by atoms with van der Waals surface area (Å²) in [6.07, 6.45) is 2.51. The third-order valence-electron chi connectivity index (χ3n) is 5.95. The van der Waals surface area contributed by atoms with E-state index in [0.717, 1.165) is 0 Å². The van der Waals surface area contributed by atoms with E-state index in [1.165, 1.54) is 35.1 Å². The summed E-state index contributed by atoms with van der Waals surface area (Å²) < 4.78 is 0. The van der Waals surface area contributed by atoms with Crippen molar-refractivity contribution >= 4 is 0 Å². The number of rotatable bonds is 0. The van der Waals surface area contributed by atoms with Crippen LogP contribution in [0.4, 0.5) is 0 Å². The molecule has 0 aliphatic heterocycles. The summed E-state index contributed by atoms with van der Waals surface area (Å²) in [5.41, 5.74) is 9.47. The quantitative estimate of drug-likeness (QED) is 0.331. The van der Waals surface area contributed by atoms with Crippen LogP contribution in [0.2, 0.25) is 0 Å². The monoisotopic (exact) mass is 432 g/mol. The highest BCUT2D eigenvalue weighted by molar-refractivity contribution is 5.80. The summed E-state index contributed by atoms with van der Waals surface area (Å²) in [5.74, 6) is 0. The third kappa shape index (κ3) is 6.12. The van der Waals surface area contributed by atoms with Crippen molar-refractivity contribution in [3.63, 3.8) is 0 Å². The summed E-state index contributed by atoms with van der Waals surface area (Å²) >= 11 is 0. The van der Waals surface area contributed by atoms with Gasteiger partial charge < -0.3 is 0 Å². The summed E-state index contributed by atoms with van der Waals surface area (Å²) in [7, 11) is 0. The molecular formula is C32H48. The molecule has 2 aliphatic rings. The predicted octanol–water partition coefficient (Wildman–Crippen LogP) is 10.1. The van der Waals surface area contributed by atoms with Gasteiger partial charge in [-0.25, -0.2) is 0 Å². The van der Waals surface area contributed by atoms with Crippen LogP contribution in [-0.4, -0.2) is 0 Å². The van der Waals surface area contributed by atoms with Crippen molar-refractivity contribution in [1.29, 1.82) is 0 Å². The van der Waals surface area contributed by atoms with Gasteiger partial charge in [0.15, 0.2) is 0 Å². The molecule has 0 saturated heterocycles. The van der Waals surface area contributed by atoms with Crippen LogP contribution in [0.3, 0.4) is 0 Å². The van der Waals surface area contributed by atoms with E-state index in [4.69, 9.17) is 0 Å². The predicted molar refractivity (Wildman–Crippen MR) is 148 cm³/mol. The highest BCUT2D eigenvalue weighted by Gasteiger charge is 2.34. The topological polar surface area (TPSA) is 0 Å². The maximum absolute atomic E-state index is 2.34. The second-order valence-electron chi connectivity index (χ2n) is 9.00. The van der Waals surface area contributed by atoms with Gasteiger partial charge in [0, 0.05) is 5.41 Å². The van der Waals surface area contributed by atoms with E-state index in [9.17, 15) is 0 Å². The zero-order chi connectivity index (χ0) is 22.4. The second-order valence-corrected chi connectivity index (χ2v) is 9.00. The SMILES string of the molecule is C.C.CC.CC.CC1(C)Cc2ccccc2C1.CC1(C)c2ccccc2-c2ccccc21. The zero-order valence-corrected chi connectivity index (χ0v) is 20.3. The number of hydrogen-bond acceptors (Lipinski definition) is 0. The molecule has 176 valence electrons. The minimum atomic E-state index is 0. The average Bonchev–Trinajstić information content (AvgIpc) is 3.22. The Morgan fingerprint density at radius 2 is 0.812 bits per heavy atom. The van der Waals surface area contributed by atoms with Gasteiger partial charge >= 0.3 is 0 Å². The Bertz CT molecular complexity index is 869. The fourth-order valence-corrected chi connectivity index (χ4v) is 4.67. The molecule has 0 spiro atoms. The molecule has 0 amide bonds. The van der Waals surface area contributed by atoms with Gasteiger partial charge in [-0.2, -0.15) is 0 Å². The minimum Gasteiger partial charge on any atom is -0.0776 e. The van der Waals surface area contributed by atoms with Crippen molar-refractivity contribution < 1.29 is 0 Å². The van der Waals surface area contributed by atoms with Gasteiger partial charge in [0.25, 0.3) is 0 Å². The van der Waals surface area contributed by atoms with E-state index >= 15 is 0 Å². The van der Waals surface area contributed by atoms with E-state index in [2.05, 4.69) is 100 Å². The Morgan fingerprint density at radius 1 is 0.500 bits per heavy atom. The third-order valence-corrected chi connectivity index (χ3v) is 5.95. The van der Waals surface area contributed by atoms with Crippen molar-refractivity contribution in [2.75, 3.05) is 0 Å². The molecule has 5 rings (SSSR count). The van der Waals surface area contributed by atoms with Crippen LogP contribution in [0, 0.1) is 5.41 Å². The summed E-state index contributed by atoms with van der Waals surface area (Å²) in [6, 6.07) is 26.2. The van der Waals surface area contributed by atoms with Gasteiger partial charge in [-0.15, -0.1) is 0 Å². The van der Waals surface area contributed by atoms with Gasteiger partial charge in [0.2, 0.25) is 0 Å². The van der Waals surface area contributed by atoms with Crippen LogP contribution >= 0.6 is 0 Å². The van der Waals surface area contributed by atoms with E-state index < -0.39 is 0 Å². The van der Waals surface area contributed by atoms with Crippen LogP contribution in [-0.2, 0) is 18.3 Å². The first kappa shape index (κ1) is 29.7. The highest BCUT2D eigenvalue weighted by atomic mass is 14.4. The Balaban J connectivity index is 0.000000508. The van der Waals surface area contributed by atoms with E-state index in [0.29, 0.717) is 5.41 Å². The normalized spacial score (nSPS) is 14.6. The Labute approximate surface area is 200 Å². The van der Waals surface area contributed by atoms with Crippen molar-refractivity contribution in [2.45, 2.75) is 88.5 Å². The molecule has 0 nitrogen and oxygen atoms in total. The van der Waals surface area contributed by atoms with Gasteiger partial charge in [0.1, 0.15) is 0 Å². The molecule has 0 aromatic heterocycles. The molecule has 0 heterocycles. The van der Waals surface area contributed by atoms with E-state index in [1.807, 2.05) is 27.7 Å². The minimum absolute atomic E-state index is 0. The first-order valence-electron chi connectivity index (χ1n) is 11.6. The lowest BCUT2D eigenvalue weighted by Gasteiger charge is -2.20. The Morgan fingerprint density at radius 3 is 1.19 bits per heavy atom. The van der Waals surface area contributed by atoms with Crippen LogP contribution < -0.4 is 0 Å². The Kier molecular flexibility index (Phi) is 11.7. The number of fused-ring (bicyclic) bond motifs is 4. The highest BCUT2D eigenvalue weighted by Crippen LogP contribution is 2.48. The van der Waals surface area contributed by atoms with E-state index in [-0.39, 0.29) is 20.3 Å². The fraction of sp³-hybridized carbons (Fsp3) is 0.438. The van der Waals surface area contributed by atoms with Crippen LogP contribution in [0.25, 0.3) is 11.1 Å². The molecule has 3 aromatic rings. The number of benzene rings is 3. The lowest BCUT2D eigenvalue weighted by atomic mass is 9.82.